The maximum atomic E-state index is 14.6. The summed E-state index contributed by atoms with van der Waals surface area (Å²) in [5.41, 5.74) is 2.25. The number of amides is 2. The van der Waals surface area contributed by atoms with Crippen molar-refractivity contribution in [1.82, 2.24) is 10.3 Å². The van der Waals surface area contributed by atoms with E-state index in [2.05, 4.69) is 10.6 Å². The van der Waals surface area contributed by atoms with Gasteiger partial charge in [0, 0.05) is 54.9 Å². The van der Waals surface area contributed by atoms with Gasteiger partial charge in [0.25, 0.3) is 0 Å². The van der Waals surface area contributed by atoms with Crippen molar-refractivity contribution in [2.45, 2.75) is 89.4 Å². The summed E-state index contributed by atoms with van der Waals surface area (Å²) in [4.78, 5) is 31.5. The van der Waals surface area contributed by atoms with E-state index in [0.29, 0.717) is 16.5 Å². The molecule has 226 valence electrons. The average Bonchev–Trinajstić information content (AvgIpc) is 3.43. The Kier molecular flexibility index (Phi) is 10.3. The molecule has 1 aliphatic carbocycles. The van der Waals surface area contributed by atoms with E-state index in [9.17, 15) is 13.8 Å². The van der Waals surface area contributed by atoms with Crippen molar-refractivity contribution >= 4 is 43.6 Å². The SMILES string of the molecule is CC(c1ccccc1)=S(C)(=O)c1cc(NC(=O)OC(C)C)ccc1-c1cnc(C2CCC(NC(=O)OC(C)C)CC2)s1. The first-order valence-corrected chi connectivity index (χ1v) is 17.2. The highest BCUT2D eigenvalue weighted by Gasteiger charge is 2.27. The summed E-state index contributed by atoms with van der Waals surface area (Å²) in [5.74, 6) is 0.293. The molecule has 0 saturated heterocycles. The van der Waals surface area contributed by atoms with E-state index >= 15 is 0 Å². The lowest BCUT2D eigenvalue weighted by molar-refractivity contribution is 0.109. The third-order valence-electron chi connectivity index (χ3n) is 7.29. The number of benzene rings is 2. The molecule has 0 radical (unpaired) electrons. The van der Waals surface area contributed by atoms with Gasteiger partial charge in [0.1, 0.15) is 0 Å². The van der Waals surface area contributed by atoms with Gasteiger partial charge in [0.15, 0.2) is 0 Å². The van der Waals surface area contributed by atoms with E-state index in [-0.39, 0.29) is 24.3 Å². The summed E-state index contributed by atoms with van der Waals surface area (Å²) in [5, 5.41) is 6.80. The number of hydrogen-bond acceptors (Lipinski definition) is 7. The van der Waals surface area contributed by atoms with Crippen molar-refractivity contribution in [2.24, 2.45) is 0 Å². The van der Waals surface area contributed by atoms with Gasteiger partial charge in [-0.05, 0) is 78.0 Å². The Balaban J connectivity index is 1.63. The number of thiazole rings is 1. The molecule has 0 spiro atoms. The molecule has 42 heavy (non-hydrogen) atoms. The molecule has 1 fully saturated rings. The molecule has 1 atom stereocenters. The number of aromatic nitrogens is 1. The maximum Gasteiger partial charge on any atom is 0.411 e. The molecule has 1 aliphatic rings. The van der Waals surface area contributed by atoms with Crippen LogP contribution < -0.4 is 10.6 Å². The monoisotopic (exact) mass is 611 g/mol. The summed E-state index contributed by atoms with van der Waals surface area (Å²) in [6, 6.07) is 15.3. The highest BCUT2D eigenvalue weighted by molar-refractivity contribution is 8.02. The van der Waals surface area contributed by atoms with Crippen molar-refractivity contribution in [3.05, 3.63) is 65.3 Å². The zero-order valence-electron chi connectivity index (χ0n) is 25.1. The molecular formula is C32H41N3O5S2. The maximum absolute atomic E-state index is 14.6. The number of hydrogen-bond donors (Lipinski definition) is 2. The average molecular weight is 612 g/mol. The molecule has 1 saturated carbocycles. The molecular weight excluding hydrogens is 571 g/mol. The molecule has 1 unspecified atom stereocenters. The lowest BCUT2D eigenvalue weighted by atomic mass is 9.86. The summed E-state index contributed by atoms with van der Waals surface area (Å²) >= 11 is 1.61. The third kappa shape index (κ3) is 7.92. The molecule has 2 N–H and O–H groups in total. The lowest BCUT2D eigenvalue weighted by Crippen LogP contribution is -2.38. The van der Waals surface area contributed by atoms with E-state index in [0.717, 1.165) is 51.6 Å². The molecule has 4 rings (SSSR count). The van der Waals surface area contributed by atoms with Crippen LogP contribution in [-0.4, -0.2) is 50.7 Å². The molecule has 10 heteroatoms. The summed E-state index contributed by atoms with van der Waals surface area (Å²) < 4.78 is 25.0. The molecule has 0 aliphatic heterocycles. The molecule has 3 aromatic rings. The van der Waals surface area contributed by atoms with Crippen molar-refractivity contribution < 1.29 is 23.3 Å². The highest BCUT2D eigenvalue weighted by Crippen LogP contribution is 2.40. The first-order valence-electron chi connectivity index (χ1n) is 14.4. The van der Waals surface area contributed by atoms with Gasteiger partial charge in [-0.25, -0.2) is 14.6 Å². The normalized spacial score (nSPS) is 18.3. The topological polar surface area (TPSA) is 107 Å². The fourth-order valence-corrected chi connectivity index (χ4v) is 8.11. The highest BCUT2D eigenvalue weighted by atomic mass is 32.2. The van der Waals surface area contributed by atoms with Crippen LogP contribution in [0.15, 0.2) is 59.6 Å². The van der Waals surface area contributed by atoms with E-state index in [1.165, 1.54) is 0 Å². The van der Waals surface area contributed by atoms with Gasteiger partial charge in [0.2, 0.25) is 0 Å². The molecule has 0 bridgehead atoms. The van der Waals surface area contributed by atoms with Gasteiger partial charge in [-0.15, -0.1) is 11.3 Å². The zero-order chi connectivity index (χ0) is 30.4. The lowest BCUT2D eigenvalue weighted by Gasteiger charge is -2.28. The van der Waals surface area contributed by atoms with Crippen LogP contribution in [0.3, 0.4) is 0 Å². The van der Waals surface area contributed by atoms with Crippen LogP contribution in [-0.2, 0) is 19.0 Å². The third-order valence-corrected chi connectivity index (χ3v) is 11.1. The molecule has 8 nitrogen and oxygen atoms in total. The second kappa shape index (κ2) is 13.7. The molecule has 2 amide bonds. The number of carbonyl (C=O) groups excluding carboxylic acids is 2. The number of alkyl carbamates (subject to hydrolysis) is 1. The number of rotatable bonds is 8. The summed E-state index contributed by atoms with van der Waals surface area (Å²) in [6.07, 6.45) is 5.83. The molecule has 2 aromatic carbocycles. The van der Waals surface area contributed by atoms with Gasteiger partial charge in [-0.2, -0.15) is 0 Å². The van der Waals surface area contributed by atoms with Gasteiger partial charge >= 0.3 is 12.2 Å². The number of anilines is 1. The Hall–Kier alpha value is -3.37. The minimum absolute atomic E-state index is 0.0993. The minimum Gasteiger partial charge on any atom is -0.447 e. The van der Waals surface area contributed by atoms with Crippen molar-refractivity contribution in [2.75, 3.05) is 11.6 Å². The van der Waals surface area contributed by atoms with Crippen LogP contribution >= 0.6 is 11.3 Å². The minimum atomic E-state index is -2.69. The van der Waals surface area contributed by atoms with E-state index in [1.54, 1.807) is 43.6 Å². The predicted molar refractivity (Wildman–Crippen MR) is 171 cm³/mol. The second-order valence-electron chi connectivity index (χ2n) is 11.3. The Morgan fingerprint density at radius 1 is 0.952 bits per heavy atom. The fourth-order valence-electron chi connectivity index (χ4n) is 5.05. The van der Waals surface area contributed by atoms with E-state index in [1.807, 2.05) is 63.4 Å². The van der Waals surface area contributed by atoms with Crippen LogP contribution in [0.5, 0.6) is 0 Å². The predicted octanol–water partition coefficient (Wildman–Crippen LogP) is 7.44. The largest absolute Gasteiger partial charge is 0.447 e. The van der Waals surface area contributed by atoms with Gasteiger partial charge in [-0.3, -0.25) is 9.53 Å². The Labute approximate surface area is 253 Å². The van der Waals surface area contributed by atoms with Crippen LogP contribution in [0.2, 0.25) is 0 Å². The number of nitrogens with zero attached hydrogens (tertiary/aromatic N) is 1. The Morgan fingerprint density at radius 2 is 1.60 bits per heavy atom. The first kappa shape index (κ1) is 31.6. The quantitative estimate of drug-likeness (QED) is 0.203. The van der Waals surface area contributed by atoms with E-state index in [4.69, 9.17) is 14.5 Å². The molecule has 1 aromatic heterocycles. The van der Waals surface area contributed by atoms with Crippen LogP contribution in [0.4, 0.5) is 15.3 Å². The zero-order valence-corrected chi connectivity index (χ0v) is 26.8. The summed E-state index contributed by atoms with van der Waals surface area (Å²) in [7, 11) is -2.69. The van der Waals surface area contributed by atoms with Crippen molar-refractivity contribution in [3.8, 4) is 10.4 Å². The van der Waals surface area contributed by atoms with E-state index < -0.39 is 15.6 Å². The molecule has 1 heterocycles. The summed E-state index contributed by atoms with van der Waals surface area (Å²) in [6.45, 7) is 9.15. The smallest absolute Gasteiger partial charge is 0.411 e. The Morgan fingerprint density at radius 3 is 2.24 bits per heavy atom. The fraction of sp³-hybridized carbons (Fsp3) is 0.438. The van der Waals surface area contributed by atoms with Crippen LogP contribution in [0.25, 0.3) is 10.4 Å². The second-order valence-corrected chi connectivity index (χ2v) is 15.1. The van der Waals surface area contributed by atoms with Gasteiger partial charge in [-0.1, -0.05) is 36.4 Å². The van der Waals surface area contributed by atoms with Crippen molar-refractivity contribution in [3.63, 3.8) is 0 Å². The van der Waals surface area contributed by atoms with Crippen molar-refractivity contribution in [1.29, 1.82) is 0 Å². The Bertz CT molecular complexity index is 1520. The number of carbonyl (C=O) groups is 2. The van der Waals surface area contributed by atoms with Crippen LogP contribution in [0, 0.1) is 0 Å². The van der Waals surface area contributed by atoms with Crippen LogP contribution in [0.1, 0.15) is 76.8 Å². The standard InChI is InChI=1S/C32H41N3O5S2/c1-20(2)39-31(36)34-25-14-12-24(13-15-25)30-33-19-28(41-30)27-17-16-26(35-32(37)40-21(3)4)18-29(27)42(6,38)22(5)23-10-8-7-9-11-23/h7-11,16-21,24-25H,12-15H2,1-6H3,(H,34,36)(H,35,37). The number of nitrogens with one attached hydrogen (secondary N) is 2. The first-order chi connectivity index (χ1) is 19.9. The van der Waals surface area contributed by atoms with Gasteiger partial charge < -0.3 is 14.8 Å². The number of ether oxygens (including phenoxy) is 2. The van der Waals surface area contributed by atoms with Gasteiger partial charge in [0.05, 0.1) is 22.1 Å².